The van der Waals surface area contributed by atoms with Gasteiger partial charge in [0.25, 0.3) is 0 Å². The molecule has 0 bridgehead atoms. The number of aryl methyl sites for hydroxylation is 1. The smallest absolute Gasteiger partial charge is 0.307 e. The molecule has 1 aliphatic carbocycles. The average molecular weight is 303 g/mol. The van der Waals surface area contributed by atoms with Gasteiger partial charge < -0.3 is 10.4 Å². The van der Waals surface area contributed by atoms with Crippen LogP contribution in [0.1, 0.15) is 51.0 Å². The van der Waals surface area contributed by atoms with Crippen LogP contribution in [0.5, 0.6) is 0 Å². The summed E-state index contributed by atoms with van der Waals surface area (Å²) in [7, 11) is 0. The van der Waals surface area contributed by atoms with E-state index in [1.807, 2.05) is 24.3 Å². The number of benzene rings is 1. The lowest BCUT2D eigenvalue weighted by Gasteiger charge is -2.27. The minimum atomic E-state index is -0.852. The average Bonchev–Trinajstić information content (AvgIpc) is 2.54. The number of unbranched alkanes of at least 4 members (excludes halogenated alkanes) is 1. The fourth-order valence-corrected chi connectivity index (χ4v) is 3.11. The van der Waals surface area contributed by atoms with Crippen molar-refractivity contribution in [1.82, 2.24) is 0 Å². The van der Waals surface area contributed by atoms with Crippen molar-refractivity contribution in [3.05, 3.63) is 29.8 Å². The van der Waals surface area contributed by atoms with Crippen LogP contribution in [0, 0.1) is 11.8 Å². The number of amides is 1. The maximum absolute atomic E-state index is 12.4. The molecule has 0 heterocycles. The predicted molar refractivity (Wildman–Crippen MR) is 86.8 cm³/mol. The highest BCUT2D eigenvalue weighted by atomic mass is 16.4. The summed E-state index contributed by atoms with van der Waals surface area (Å²) in [6.45, 7) is 2.16. The zero-order chi connectivity index (χ0) is 15.9. The molecular formula is C18H25NO3. The van der Waals surface area contributed by atoms with E-state index >= 15 is 0 Å². The molecule has 2 N–H and O–H groups in total. The van der Waals surface area contributed by atoms with E-state index in [9.17, 15) is 14.7 Å². The Morgan fingerprint density at radius 2 is 1.77 bits per heavy atom. The molecule has 1 aromatic carbocycles. The van der Waals surface area contributed by atoms with Crippen LogP contribution in [-0.2, 0) is 16.0 Å². The number of aliphatic carboxylic acids is 1. The highest BCUT2D eigenvalue weighted by Crippen LogP contribution is 2.31. The molecule has 120 valence electrons. The van der Waals surface area contributed by atoms with Crippen molar-refractivity contribution in [3.63, 3.8) is 0 Å². The Morgan fingerprint density at radius 1 is 1.14 bits per heavy atom. The van der Waals surface area contributed by atoms with Crippen molar-refractivity contribution in [2.75, 3.05) is 5.32 Å². The fourth-order valence-electron chi connectivity index (χ4n) is 3.11. The molecule has 0 aliphatic heterocycles. The van der Waals surface area contributed by atoms with Gasteiger partial charge in [-0.1, -0.05) is 38.3 Å². The van der Waals surface area contributed by atoms with E-state index in [1.165, 1.54) is 5.56 Å². The summed E-state index contributed by atoms with van der Waals surface area (Å²) < 4.78 is 0. The molecule has 0 aromatic heterocycles. The van der Waals surface area contributed by atoms with Gasteiger partial charge in [-0.25, -0.2) is 0 Å². The Bertz CT molecular complexity index is 510. The summed E-state index contributed by atoms with van der Waals surface area (Å²) in [6.07, 6.45) is 6.46. The largest absolute Gasteiger partial charge is 0.481 e. The maximum Gasteiger partial charge on any atom is 0.307 e. The third-order valence-electron chi connectivity index (χ3n) is 4.46. The lowest BCUT2D eigenvalue weighted by Crippen LogP contribution is -2.36. The highest BCUT2D eigenvalue weighted by molar-refractivity contribution is 5.95. The molecular weight excluding hydrogens is 278 g/mol. The zero-order valence-corrected chi connectivity index (χ0v) is 13.2. The lowest BCUT2D eigenvalue weighted by atomic mass is 9.78. The SMILES string of the molecule is CCCCc1ccc(NC(=O)C2CCCCC2C(=O)O)cc1. The van der Waals surface area contributed by atoms with Gasteiger partial charge in [-0.3, -0.25) is 9.59 Å². The molecule has 22 heavy (non-hydrogen) atoms. The maximum atomic E-state index is 12.4. The minimum Gasteiger partial charge on any atom is -0.481 e. The van der Waals surface area contributed by atoms with Crippen molar-refractivity contribution in [3.8, 4) is 0 Å². The first-order chi connectivity index (χ1) is 10.6. The molecule has 4 heteroatoms. The molecule has 2 rings (SSSR count). The molecule has 1 aliphatic rings. The fraction of sp³-hybridized carbons (Fsp3) is 0.556. The van der Waals surface area contributed by atoms with Crippen molar-refractivity contribution in [1.29, 1.82) is 0 Å². The van der Waals surface area contributed by atoms with Gasteiger partial charge in [0.1, 0.15) is 0 Å². The first kappa shape index (κ1) is 16.5. The third kappa shape index (κ3) is 4.33. The summed E-state index contributed by atoms with van der Waals surface area (Å²) in [5.41, 5.74) is 2.01. The Labute approximate surface area is 131 Å². The van der Waals surface area contributed by atoms with E-state index in [1.54, 1.807) is 0 Å². The van der Waals surface area contributed by atoms with Gasteiger partial charge in [0.2, 0.25) is 5.91 Å². The zero-order valence-electron chi connectivity index (χ0n) is 13.2. The number of anilines is 1. The number of hydrogen-bond donors (Lipinski definition) is 2. The van der Waals surface area contributed by atoms with Gasteiger partial charge in [-0.2, -0.15) is 0 Å². The van der Waals surface area contributed by atoms with Crippen molar-refractivity contribution < 1.29 is 14.7 Å². The van der Waals surface area contributed by atoms with Crippen LogP contribution < -0.4 is 5.32 Å². The predicted octanol–water partition coefficient (Wildman–Crippen LogP) is 3.86. The van der Waals surface area contributed by atoms with Gasteiger partial charge in [0.05, 0.1) is 11.8 Å². The number of carbonyl (C=O) groups excluding carboxylic acids is 1. The number of carbonyl (C=O) groups is 2. The van der Waals surface area contributed by atoms with Crippen molar-refractivity contribution >= 4 is 17.6 Å². The van der Waals surface area contributed by atoms with Crippen LogP contribution >= 0.6 is 0 Å². The molecule has 0 spiro atoms. The third-order valence-corrected chi connectivity index (χ3v) is 4.46. The van der Waals surface area contributed by atoms with Crippen LogP contribution in [0.4, 0.5) is 5.69 Å². The van der Waals surface area contributed by atoms with Crippen molar-refractivity contribution in [2.45, 2.75) is 51.9 Å². The normalized spacial score (nSPS) is 21.3. The summed E-state index contributed by atoms with van der Waals surface area (Å²) in [4.78, 5) is 23.7. The Morgan fingerprint density at radius 3 is 2.36 bits per heavy atom. The molecule has 1 saturated carbocycles. The van der Waals surface area contributed by atoms with E-state index in [2.05, 4.69) is 12.2 Å². The number of carboxylic acids is 1. The monoisotopic (exact) mass is 303 g/mol. The molecule has 4 nitrogen and oxygen atoms in total. The number of nitrogens with one attached hydrogen (secondary N) is 1. The van der Waals surface area contributed by atoms with E-state index in [0.717, 1.165) is 37.8 Å². The van der Waals surface area contributed by atoms with E-state index in [4.69, 9.17) is 0 Å². The van der Waals surface area contributed by atoms with Crippen molar-refractivity contribution in [2.24, 2.45) is 11.8 Å². The lowest BCUT2D eigenvalue weighted by molar-refractivity contribution is -0.147. The Balaban J connectivity index is 1.96. The second-order valence-corrected chi connectivity index (χ2v) is 6.13. The topological polar surface area (TPSA) is 66.4 Å². The summed E-state index contributed by atoms with van der Waals surface area (Å²) >= 11 is 0. The second-order valence-electron chi connectivity index (χ2n) is 6.13. The van der Waals surface area contributed by atoms with Gasteiger partial charge in [-0.05, 0) is 43.4 Å². The number of hydrogen-bond acceptors (Lipinski definition) is 2. The van der Waals surface area contributed by atoms with Crippen LogP contribution in [0.3, 0.4) is 0 Å². The minimum absolute atomic E-state index is 0.159. The summed E-state index contributed by atoms with van der Waals surface area (Å²) in [5, 5.41) is 12.1. The summed E-state index contributed by atoms with van der Waals surface area (Å²) in [5.74, 6) is -1.97. The highest BCUT2D eigenvalue weighted by Gasteiger charge is 2.35. The van der Waals surface area contributed by atoms with Gasteiger partial charge in [0, 0.05) is 5.69 Å². The van der Waals surface area contributed by atoms with E-state index in [-0.39, 0.29) is 5.91 Å². The van der Waals surface area contributed by atoms with Crippen LogP contribution in [-0.4, -0.2) is 17.0 Å². The quantitative estimate of drug-likeness (QED) is 0.838. The molecule has 1 amide bonds. The van der Waals surface area contributed by atoms with Gasteiger partial charge in [0.15, 0.2) is 0 Å². The standard InChI is InChI=1S/C18H25NO3/c1-2-3-6-13-9-11-14(12-10-13)19-17(20)15-7-4-5-8-16(15)18(21)22/h9-12,15-16H,2-8H2,1H3,(H,19,20)(H,21,22). The number of rotatable bonds is 6. The first-order valence-electron chi connectivity index (χ1n) is 8.24. The first-order valence-corrected chi connectivity index (χ1v) is 8.24. The second kappa shape index (κ2) is 7.97. The van der Waals surface area contributed by atoms with E-state index < -0.39 is 17.8 Å². The number of carboxylic acid groups (broad SMARTS) is 1. The molecule has 0 radical (unpaired) electrons. The van der Waals surface area contributed by atoms with Crippen LogP contribution in [0.25, 0.3) is 0 Å². The van der Waals surface area contributed by atoms with Gasteiger partial charge in [-0.15, -0.1) is 0 Å². The Hall–Kier alpha value is -1.84. The molecule has 2 unspecified atom stereocenters. The van der Waals surface area contributed by atoms with Crippen LogP contribution in [0.2, 0.25) is 0 Å². The van der Waals surface area contributed by atoms with E-state index in [0.29, 0.717) is 12.8 Å². The summed E-state index contributed by atoms with van der Waals surface area (Å²) in [6, 6.07) is 7.87. The van der Waals surface area contributed by atoms with Gasteiger partial charge >= 0.3 is 5.97 Å². The molecule has 0 saturated heterocycles. The molecule has 1 aromatic rings. The Kier molecular flexibility index (Phi) is 5.99. The molecule has 1 fully saturated rings. The van der Waals surface area contributed by atoms with Crippen LogP contribution in [0.15, 0.2) is 24.3 Å². The molecule has 2 atom stereocenters.